The Labute approximate surface area is 146 Å². The molecule has 2 aromatic carbocycles. The van der Waals surface area contributed by atoms with Crippen LogP contribution in [0.4, 0.5) is 10.5 Å². The normalized spacial score (nSPS) is 11.7. The summed E-state index contributed by atoms with van der Waals surface area (Å²) < 4.78 is 11.2. The molecule has 5 heteroatoms. The molecule has 0 saturated carbocycles. The van der Waals surface area contributed by atoms with E-state index in [1.807, 2.05) is 49.4 Å². The van der Waals surface area contributed by atoms with Gasteiger partial charge >= 0.3 is 6.03 Å². The van der Waals surface area contributed by atoms with Crippen LogP contribution in [0.1, 0.15) is 18.7 Å². The molecule has 0 saturated heterocycles. The number of rotatable bonds is 6. The number of urea groups is 1. The molecule has 0 spiro atoms. The summed E-state index contributed by atoms with van der Waals surface area (Å²) >= 11 is 0. The second kappa shape index (κ2) is 7.57. The van der Waals surface area contributed by atoms with Crippen molar-refractivity contribution < 1.29 is 13.9 Å². The highest BCUT2D eigenvalue weighted by Crippen LogP contribution is 2.24. The molecule has 128 valence electrons. The Kier molecular flexibility index (Phi) is 5.04. The zero-order valence-corrected chi connectivity index (χ0v) is 14.0. The number of hydrogen-bond acceptors (Lipinski definition) is 3. The van der Waals surface area contributed by atoms with Crippen molar-refractivity contribution in [1.82, 2.24) is 5.32 Å². The van der Waals surface area contributed by atoms with Crippen LogP contribution in [0.2, 0.25) is 0 Å². The fourth-order valence-electron chi connectivity index (χ4n) is 2.47. The van der Waals surface area contributed by atoms with Gasteiger partial charge in [0.2, 0.25) is 0 Å². The van der Waals surface area contributed by atoms with Gasteiger partial charge in [0.05, 0.1) is 6.04 Å². The molecule has 3 aromatic rings. The van der Waals surface area contributed by atoms with E-state index in [0.29, 0.717) is 23.8 Å². The molecule has 0 aliphatic heterocycles. The maximum Gasteiger partial charge on any atom is 0.319 e. The van der Waals surface area contributed by atoms with E-state index < -0.39 is 0 Å². The number of carbonyl (C=O) groups excluding carboxylic acids is 1. The van der Waals surface area contributed by atoms with Crippen molar-refractivity contribution in [3.63, 3.8) is 0 Å². The number of anilines is 1. The number of benzene rings is 2. The third-order valence-electron chi connectivity index (χ3n) is 3.68. The molecule has 0 fully saturated rings. The van der Waals surface area contributed by atoms with Crippen LogP contribution in [0.5, 0.6) is 5.75 Å². The minimum Gasteiger partial charge on any atom is -0.489 e. The number of para-hydroxylation sites is 1. The molecular weight excluding hydrogens is 316 g/mol. The SMILES string of the molecule is C=CCOc1cccc(NC(=O)NC(C)c2cc3ccccc3o2)c1. The number of fused-ring (bicyclic) bond motifs is 1. The van der Waals surface area contributed by atoms with Crippen LogP contribution in [0.15, 0.2) is 71.7 Å². The summed E-state index contributed by atoms with van der Waals surface area (Å²) in [6.45, 7) is 5.90. The molecule has 2 amide bonds. The third-order valence-corrected chi connectivity index (χ3v) is 3.68. The van der Waals surface area contributed by atoms with Gasteiger partial charge in [-0.2, -0.15) is 0 Å². The quantitative estimate of drug-likeness (QED) is 0.631. The van der Waals surface area contributed by atoms with Crippen molar-refractivity contribution >= 4 is 22.7 Å². The van der Waals surface area contributed by atoms with E-state index in [9.17, 15) is 4.79 Å². The minimum atomic E-state index is -0.311. The van der Waals surface area contributed by atoms with E-state index >= 15 is 0 Å². The highest BCUT2D eigenvalue weighted by molar-refractivity contribution is 5.89. The van der Waals surface area contributed by atoms with Crippen molar-refractivity contribution in [3.05, 3.63) is 73.0 Å². The maximum absolute atomic E-state index is 12.2. The molecule has 1 heterocycles. The predicted octanol–water partition coefficient (Wildman–Crippen LogP) is 4.88. The van der Waals surface area contributed by atoms with E-state index in [-0.39, 0.29) is 12.1 Å². The van der Waals surface area contributed by atoms with Gasteiger partial charge in [-0.15, -0.1) is 0 Å². The second-order valence-electron chi connectivity index (χ2n) is 5.63. The van der Waals surface area contributed by atoms with Crippen LogP contribution in [0.25, 0.3) is 11.0 Å². The molecule has 2 N–H and O–H groups in total. The largest absolute Gasteiger partial charge is 0.489 e. The minimum absolute atomic E-state index is 0.257. The van der Waals surface area contributed by atoms with Gasteiger partial charge in [-0.25, -0.2) is 4.79 Å². The number of amides is 2. The first-order valence-corrected chi connectivity index (χ1v) is 8.05. The highest BCUT2D eigenvalue weighted by atomic mass is 16.5. The summed E-state index contributed by atoms with van der Waals surface area (Å²) in [7, 11) is 0. The summed E-state index contributed by atoms with van der Waals surface area (Å²) in [6.07, 6.45) is 1.67. The Morgan fingerprint density at radius 1 is 1.24 bits per heavy atom. The molecule has 0 aliphatic carbocycles. The van der Waals surface area contributed by atoms with Crippen LogP contribution in [0, 0.1) is 0 Å². The van der Waals surface area contributed by atoms with Crippen LogP contribution in [-0.2, 0) is 0 Å². The second-order valence-corrected chi connectivity index (χ2v) is 5.63. The number of carbonyl (C=O) groups is 1. The maximum atomic E-state index is 12.2. The van der Waals surface area contributed by atoms with Crippen molar-refractivity contribution in [2.75, 3.05) is 11.9 Å². The highest BCUT2D eigenvalue weighted by Gasteiger charge is 2.14. The molecule has 0 bridgehead atoms. The van der Waals surface area contributed by atoms with Crippen LogP contribution in [0.3, 0.4) is 0 Å². The number of nitrogens with one attached hydrogen (secondary N) is 2. The molecule has 25 heavy (non-hydrogen) atoms. The van der Waals surface area contributed by atoms with Gasteiger partial charge in [-0.3, -0.25) is 0 Å². The fourth-order valence-corrected chi connectivity index (χ4v) is 2.47. The van der Waals surface area contributed by atoms with Gasteiger partial charge in [0.1, 0.15) is 23.7 Å². The predicted molar refractivity (Wildman–Crippen MR) is 98.9 cm³/mol. The Hall–Kier alpha value is -3.21. The monoisotopic (exact) mass is 336 g/mol. The van der Waals surface area contributed by atoms with Gasteiger partial charge in [-0.05, 0) is 31.2 Å². The van der Waals surface area contributed by atoms with Crippen LogP contribution < -0.4 is 15.4 Å². The fraction of sp³-hybridized carbons (Fsp3) is 0.150. The third kappa shape index (κ3) is 4.20. The van der Waals surface area contributed by atoms with Crippen molar-refractivity contribution in [3.8, 4) is 5.75 Å². The summed E-state index contributed by atoms with van der Waals surface area (Å²) in [5, 5.41) is 6.68. The summed E-state index contributed by atoms with van der Waals surface area (Å²) in [6, 6.07) is 16.3. The summed E-state index contributed by atoms with van der Waals surface area (Å²) in [5.41, 5.74) is 1.45. The Bertz CT molecular complexity index is 852. The van der Waals surface area contributed by atoms with E-state index in [2.05, 4.69) is 17.2 Å². The zero-order valence-electron chi connectivity index (χ0n) is 14.0. The molecule has 0 aliphatic rings. The van der Waals surface area contributed by atoms with Crippen LogP contribution >= 0.6 is 0 Å². The summed E-state index contributed by atoms with van der Waals surface area (Å²) in [5.74, 6) is 1.38. The molecule has 1 aromatic heterocycles. The van der Waals surface area contributed by atoms with Crippen molar-refractivity contribution in [1.29, 1.82) is 0 Å². The molecule has 1 atom stereocenters. The van der Waals surface area contributed by atoms with E-state index in [4.69, 9.17) is 9.15 Å². The van der Waals surface area contributed by atoms with E-state index in [0.717, 1.165) is 11.0 Å². The number of ether oxygens (including phenoxy) is 1. The standard InChI is InChI=1S/C20H20N2O3/c1-3-11-24-17-9-6-8-16(13-17)22-20(23)21-14(2)19-12-15-7-4-5-10-18(15)25-19/h3-10,12-14H,1,11H2,2H3,(H2,21,22,23). The first-order chi connectivity index (χ1) is 12.2. The van der Waals surface area contributed by atoms with Gasteiger partial charge in [0.25, 0.3) is 0 Å². The molecule has 0 radical (unpaired) electrons. The molecule has 1 unspecified atom stereocenters. The lowest BCUT2D eigenvalue weighted by atomic mass is 10.2. The number of hydrogen-bond donors (Lipinski definition) is 2. The lowest BCUT2D eigenvalue weighted by Crippen LogP contribution is -2.30. The Morgan fingerprint density at radius 3 is 2.88 bits per heavy atom. The molecular formula is C20H20N2O3. The first kappa shape index (κ1) is 16.6. The van der Waals surface area contributed by atoms with Gasteiger partial charge < -0.3 is 19.8 Å². The van der Waals surface area contributed by atoms with E-state index in [1.165, 1.54) is 0 Å². The van der Waals surface area contributed by atoms with Gasteiger partial charge in [0, 0.05) is 17.1 Å². The van der Waals surface area contributed by atoms with E-state index in [1.54, 1.807) is 18.2 Å². The smallest absolute Gasteiger partial charge is 0.319 e. The van der Waals surface area contributed by atoms with Gasteiger partial charge in [0.15, 0.2) is 0 Å². The van der Waals surface area contributed by atoms with Gasteiger partial charge in [-0.1, -0.05) is 36.9 Å². The average molecular weight is 336 g/mol. The Balaban J connectivity index is 1.62. The number of furan rings is 1. The zero-order chi connectivity index (χ0) is 17.6. The average Bonchev–Trinajstić information content (AvgIpc) is 3.04. The lowest BCUT2D eigenvalue weighted by molar-refractivity contribution is 0.248. The first-order valence-electron chi connectivity index (χ1n) is 8.05. The topological polar surface area (TPSA) is 63.5 Å². The van der Waals surface area contributed by atoms with Crippen molar-refractivity contribution in [2.45, 2.75) is 13.0 Å². The van der Waals surface area contributed by atoms with Crippen LogP contribution in [-0.4, -0.2) is 12.6 Å². The molecule has 5 nitrogen and oxygen atoms in total. The molecule has 3 rings (SSSR count). The Morgan fingerprint density at radius 2 is 2.08 bits per heavy atom. The summed E-state index contributed by atoms with van der Waals surface area (Å²) in [4.78, 5) is 12.2. The van der Waals surface area contributed by atoms with Crippen molar-refractivity contribution in [2.24, 2.45) is 0 Å². The lowest BCUT2D eigenvalue weighted by Gasteiger charge is -2.13.